The largest absolute Gasteiger partial charge is 0.352 e. The van der Waals surface area contributed by atoms with Crippen LogP contribution in [0.2, 0.25) is 0 Å². The Morgan fingerprint density at radius 1 is 1.11 bits per heavy atom. The van der Waals surface area contributed by atoms with Gasteiger partial charge >= 0.3 is 0 Å². The maximum Gasteiger partial charge on any atom is 0.191 e. The van der Waals surface area contributed by atoms with E-state index in [0.717, 1.165) is 23.5 Å². The molecule has 0 aliphatic heterocycles. The molecule has 0 amide bonds. The maximum atomic E-state index is 4.21. The predicted molar refractivity (Wildman–Crippen MR) is 85.5 cm³/mol. The van der Waals surface area contributed by atoms with Crippen LogP contribution in [0.5, 0.6) is 0 Å². The molecule has 0 aliphatic rings. The third-order valence-electron chi connectivity index (χ3n) is 2.64. The van der Waals surface area contributed by atoms with Crippen LogP contribution in [0, 0.1) is 0 Å². The highest BCUT2D eigenvalue weighted by molar-refractivity contribution is 9.10. The Balaban J connectivity index is 1.81. The van der Waals surface area contributed by atoms with Gasteiger partial charge in [0, 0.05) is 24.6 Å². The predicted octanol–water partition coefficient (Wildman–Crippen LogP) is 3.38. The van der Waals surface area contributed by atoms with E-state index in [1.54, 1.807) is 18.4 Å². The van der Waals surface area contributed by atoms with Crippen molar-refractivity contribution in [2.45, 2.75) is 13.1 Å². The molecule has 0 aliphatic carbocycles. The molecule has 0 radical (unpaired) electrons. The number of nitrogens with zero attached hydrogens (tertiary/aromatic N) is 1. The Morgan fingerprint density at radius 2 is 1.79 bits per heavy atom. The van der Waals surface area contributed by atoms with Gasteiger partial charge in [0.05, 0.1) is 0 Å². The average molecular weight is 338 g/mol. The van der Waals surface area contributed by atoms with Gasteiger partial charge in [0.25, 0.3) is 0 Å². The molecule has 3 nitrogen and oxygen atoms in total. The second-order valence-electron chi connectivity index (χ2n) is 4.04. The number of halogens is 1. The Kier molecular flexibility index (Phi) is 5.42. The fraction of sp³-hybridized carbons (Fsp3) is 0.214. The molecule has 2 rings (SSSR count). The average Bonchev–Trinajstić information content (AvgIpc) is 2.94. The molecule has 0 bridgehead atoms. The Bertz CT molecular complexity index is 520. The summed E-state index contributed by atoms with van der Waals surface area (Å²) in [7, 11) is 1.78. The topological polar surface area (TPSA) is 36.4 Å². The van der Waals surface area contributed by atoms with Crippen molar-refractivity contribution in [1.82, 2.24) is 10.6 Å². The van der Waals surface area contributed by atoms with Gasteiger partial charge in [-0.2, -0.15) is 11.3 Å². The van der Waals surface area contributed by atoms with Crippen LogP contribution in [0.1, 0.15) is 11.1 Å². The second kappa shape index (κ2) is 7.31. The highest BCUT2D eigenvalue weighted by atomic mass is 79.9. The molecule has 1 aromatic carbocycles. The summed E-state index contributed by atoms with van der Waals surface area (Å²) in [5, 5.41) is 10.8. The lowest BCUT2D eigenvalue weighted by atomic mass is 10.2. The standard InChI is InChI=1S/C14H16BrN3S/c1-16-14(18-9-12-6-7-19-10-12)17-8-11-2-4-13(15)5-3-11/h2-7,10H,8-9H2,1H3,(H2,16,17,18). The first-order valence-corrected chi connectivity index (χ1v) is 7.71. The monoisotopic (exact) mass is 337 g/mol. The highest BCUT2D eigenvalue weighted by Gasteiger charge is 1.99. The van der Waals surface area contributed by atoms with Gasteiger partial charge in [-0.1, -0.05) is 28.1 Å². The van der Waals surface area contributed by atoms with Gasteiger partial charge in [-0.3, -0.25) is 4.99 Å². The maximum absolute atomic E-state index is 4.21. The molecule has 0 atom stereocenters. The molecule has 0 saturated carbocycles. The fourth-order valence-electron chi connectivity index (χ4n) is 1.59. The lowest BCUT2D eigenvalue weighted by Gasteiger charge is -2.11. The molecule has 2 N–H and O–H groups in total. The van der Waals surface area contributed by atoms with E-state index in [0.29, 0.717) is 0 Å². The van der Waals surface area contributed by atoms with Gasteiger partial charge in [0.1, 0.15) is 0 Å². The van der Waals surface area contributed by atoms with E-state index < -0.39 is 0 Å². The Hall–Kier alpha value is -1.33. The van der Waals surface area contributed by atoms with Crippen LogP contribution >= 0.6 is 27.3 Å². The zero-order valence-corrected chi connectivity index (χ0v) is 13.1. The first-order valence-electron chi connectivity index (χ1n) is 5.98. The lowest BCUT2D eigenvalue weighted by Crippen LogP contribution is -2.36. The van der Waals surface area contributed by atoms with Crippen molar-refractivity contribution in [3.63, 3.8) is 0 Å². The summed E-state index contributed by atoms with van der Waals surface area (Å²) in [6, 6.07) is 10.4. The summed E-state index contributed by atoms with van der Waals surface area (Å²) < 4.78 is 1.09. The highest BCUT2D eigenvalue weighted by Crippen LogP contribution is 2.10. The van der Waals surface area contributed by atoms with Crippen molar-refractivity contribution in [3.8, 4) is 0 Å². The van der Waals surface area contributed by atoms with Crippen LogP contribution in [-0.2, 0) is 13.1 Å². The summed E-state index contributed by atoms with van der Waals surface area (Å²) in [5.41, 5.74) is 2.50. The summed E-state index contributed by atoms with van der Waals surface area (Å²) >= 11 is 5.14. The molecule has 0 spiro atoms. The van der Waals surface area contributed by atoms with E-state index in [9.17, 15) is 0 Å². The molecular formula is C14H16BrN3S. The fourth-order valence-corrected chi connectivity index (χ4v) is 2.52. The zero-order chi connectivity index (χ0) is 13.5. The van der Waals surface area contributed by atoms with E-state index >= 15 is 0 Å². The molecule has 2 aromatic rings. The third kappa shape index (κ3) is 4.69. The molecule has 1 aromatic heterocycles. The minimum absolute atomic E-state index is 0.761. The van der Waals surface area contributed by atoms with Crippen molar-refractivity contribution in [2.75, 3.05) is 7.05 Å². The quantitative estimate of drug-likeness (QED) is 0.662. The summed E-state index contributed by atoms with van der Waals surface area (Å²) in [5.74, 6) is 0.814. The van der Waals surface area contributed by atoms with Crippen molar-refractivity contribution < 1.29 is 0 Å². The first kappa shape index (κ1) is 14.1. The van der Waals surface area contributed by atoms with Gasteiger partial charge in [0.2, 0.25) is 0 Å². The van der Waals surface area contributed by atoms with E-state index in [1.807, 2.05) is 12.1 Å². The van der Waals surface area contributed by atoms with Crippen molar-refractivity contribution in [1.29, 1.82) is 0 Å². The molecule has 5 heteroatoms. The molecule has 1 heterocycles. The smallest absolute Gasteiger partial charge is 0.191 e. The third-order valence-corrected chi connectivity index (χ3v) is 3.90. The van der Waals surface area contributed by atoms with E-state index in [2.05, 4.69) is 60.5 Å². The summed E-state index contributed by atoms with van der Waals surface area (Å²) in [6.07, 6.45) is 0. The minimum Gasteiger partial charge on any atom is -0.352 e. The number of hydrogen-bond acceptors (Lipinski definition) is 2. The molecule has 0 saturated heterocycles. The van der Waals surface area contributed by atoms with Crippen molar-refractivity contribution >= 4 is 33.2 Å². The minimum atomic E-state index is 0.761. The van der Waals surface area contributed by atoms with Crippen LogP contribution in [-0.4, -0.2) is 13.0 Å². The van der Waals surface area contributed by atoms with Gasteiger partial charge in [0.15, 0.2) is 5.96 Å². The number of aliphatic imine (C=N–C) groups is 1. The number of nitrogens with one attached hydrogen (secondary N) is 2. The van der Waals surface area contributed by atoms with Gasteiger partial charge in [-0.05, 0) is 40.1 Å². The number of thiophene rings is 1. The molecule has 100 valence electrons. The van der Waals surface area contributed by atoms with E-state index in [1.165, 1.54) is 11.1 Å². The molecule has 0 unspecified atom stereocenters. The van der Waals surface area contributed by atoms with Crippen LogP contribution in [0.4, 0.5) is 0 Å². The molecule has 0 fully saturated rings. The van der Waals surface area contributed by atoms with E-state index in [-0.39, 0.29) is 0 Å². The van der Waals surface area contributed by atoms with Crippen LogP contribution in [0.3, 0.4) is 0 Å². The van der Waals surface area contributed by atoms with E-state index in [4.69, 9.17) is 0 Å². The molecular weight excluding hydrogens is 322 g/mol. The number of hydrogen-bond donors (Lipinski definition) is 2. The SMILES string of the molecule is CN=C(NCc1ccc(Br)cc1)NCc1ccsc1. The zero-order valence-electron chi connectivity index (χ0n) is 10.7. The van der Waals surface area contributed by atoms with Crippen molar-refractivity contribution in [2.24, 2.45) is 4.99 Å². The lowest BCUT2D eigenvalue weighted by molar-refractivity contribution is 0.810. The second-order valence-corrected chi connectivity index (χ2v) is 5.73. The Labute approximate surface area is 125 Å². The van der Waals surface area contributed by atoms with Crippen molar-refractivity contribution in [3.05, 3.63) is 56.7 Å². The van der Waals surface area contributed by atoms with Gasteiger partial charge < -0.3 is 10.6 Å². The van der Waals surface area contributed by atoms with Crippen LogP contribution in [0.25, 0.3) is 0 Å². The molecule has 19 heavy (non-hydrogen) atoms. The Morgan fingerprint density at radius 3 is 2.37 bits per heavy atom. The summed E-state index contributed by atoms with van der Waals surface area (Å²) in [6.45, 7) is 1.56. The first-order chi connectivity index (χ1) is 9.28. The van der Waals surface area contributed by atoms with Gasteiger partial charge in [-0.25, -0.2) is 0 Å². The van der Waals surface area contributed by atoms with Gasteiger partial charge in [-0.15, -0.1) is 0 Å². The normalized spacial score (nSPS) is 11.4. The number of benzene rings is 1. The van der Waals surface area contributed by atoms with Crippen LogP contribution < -0.4 is 10.6 Å². The van der Waals surface area contributed by atoms with Crippen LogP contribution in [0.15, 0.2) is 50.6 Å². The number of rotatable bonds is 4. The summed E-state index contributed by atoms with van der Waals surface area (Å²) in [4.78, 5) is 4.21. The number of guanidine groups is 1.